The minimum absolute atomic E-state index is 0.0678. The van der Waals surface area contributed by atoms with E-state index in [1.54, 1.807) is 0 Å². The maximum absolute atomic E-state index is 13.0. The lowest BCUT2D eigenvalue weighted by Gasteiger charge is -2.36. The zero-order valence-electron chi connectivity index (χ0n) is 11.6. The summed E-state index contributed by atoms with van der Waals surface area (Å²) >= 11 is 2.72. The highest BCUT2D eigenvalue weighted by Gasteiger charge is 2.46. The zero-order valence-corrected chi connectivity index (χ0v) is 13.2. The van der Waals surface area contributed by atoms with Crippen molar-refractivity contribution in [1.82, 2.24) is 4.90 Å². The Bertz CT molecular complexity index is 598. The van der Waals surface area contributed by atoms with Crippen molar-refractivity contribution >= 4 is 21.8 Å². The fourth-order valence-corrected chi connectivity index (χ4v) is 3.16. The molecule has 0 N–H and O–H groups in total. The molecule has 1 aliphatic rings. The van der Waals surface area contributed by atoms with Gasteiger partial charge in [-0.15, -0.1) is 0 Å². The molecule has 2 nitrogen and oxygen atoms in total. The van der Waals surface area contributed by atoms with Gasteiger partial charge in [0, 0.05) is 16.6 Å². The minimum atomic E-state index is -4.61. The molecule has 0 radical (unpaired) electrons. The molecular formula is C14H12BrF6NO. The quantitative estimate of drug-likeness (QED) is 0.602. The minimum Gasteiger partial charge on any atom is -0.327 e. The third-order valence-corrected chi connectivity index (χ3v) is 4.32. The Balaban J connectivity index is 2.31. The van der Waals surface area contributed by atoms with E-state index in [1.165, 1.54) is 0 Å². The summed E-state index contributed by atoms with van der Waals surface area (Å²) in [5.41, 5.74) is -1.19. The van der Waals surface area contributed by atoms with Crippen molar-refractivity contribution in [2.45, 2.75) is 37.7 Å². The van der Waals surface area contributed by atoms with Gasteiger partial charge in [0.2, 0.25) is 0 Å². The van der Waals surface area contributed by atoms with E-state index in [1.807, 2.05) is 0 Å². The number of carbonyl (C=O) groups excluding carboxylic acids is 1. The molecule has 1 aliphatic heterocycles. The van der Waals surface area contributed by atoms with E-state index < -0.39 is 29.9 Å². The van der Waals surface area contributed by atoms with E-state index in [2.05, 4.69) is 15.9 Å². The maximum Gasteiger partial charge on any atom is 0.417 e. The lowest BCUT2D eigenvalue weighted by atomic mass is 10.00. The fourth-order valence-electron chi connectivity index (χ4n) is 2.56. The normalized spacial score (nSPS) is 19.8. The Labute approximate surface area is 136 Å². The Morgan fingerprint density at radius 2 is 1.78 bits per heavy atom. The van der Waals surface area contributed by atoms with Crippen LogP contribution in [0.15, 0.2) is 22.7 Å². The summed E-state index contributed by atoms with van der Waals surface area (Å²) in [6.07, 6.45) is -8.58. The third-order valence-electron chi connectivity index (χ3n) is 3.66. The maximum atomic E-state index is 13.0. The van der Waals surface area contributed by atoms with Crippen LogP contribution in [-0.2, 0) is 6.18 Å². The Hall–Kier alpha value is -1.25. The van der Waals surface area contributed by atoms with Crippen LogP contribution >= 0.6 is 15.9 Å². The molecule has 23 heavy (non-hydrogen) atoms. The van der Waals surface area contributed by atoms with Crippen molar-refractivity contribution in [1.29, 1.82) is 0 Å². The topological polar surface area (TPSA) is 20.3 Å². The van der Waals surface area contributed by atoms with E-state index in [-0.39, 0.29) is 23.0 Å². The Morgan fingerprint density at radius 3 is 2.30 bits per heavy atom. The van der Waals surface area contributed by atoms with Gasteiger partial charge in [-0.3, -0.25) is 4.79 Å². The van der Waals surface area contributed by atoms with E-state index in [4.69, 9.17) is 0 Å². The molecule has 0 aromatic heterocycles. The smallest absolute Gasteiger partial charge is 0.327 e. The molecule has 1 aromatic carbocycles. The van der Waals surface area contributed by atoms with Crippen molar-refractivity contribution in [2.75, 3.05) is 6.54 Å². The summed E-state index contributed by atoms with van der Waals surface area (Å²) in [5, 5.41) is 0. The summed E-state index contributed by atoms with van der Waals surface area (Å²) in [6.45, 7) is -0.0678. The predicted molar refractivity (Wildman–Crippen MR) is 73.9 cm³/mol. The number of piperidine rings is 1. The lowest BCUT2D eigenvalue weighted by Crippen LogP contribution is -2.51. The number of benzene rings is 1. The van der Waals surface area contributed by atoms with Crippen LogP contribution in [0.1, 0.15) is 35.2 Å². The second-order valence-corrected chi connectivity index (χ2v) is 6.10. The molecular weight excluding hydrogens is 392 g/mol. The van der Waals surface area contributed by atoms with Crippen LogP contribution in [0, 0.1) is 0 Å². The standard InChI is InChI=1S/C14H12BrF6NO/c15-10-7-8(4-5-9(10)13(16,17)18)12(23)22-6-2-1-3-11(22)14(19,20)21/h4-5,7,11H,1-3,6H2. The molecule has 1 fully saturated rings. The summed E-state index contributed by atoms with van der Waals surface area (Å²) < 4.78 is 76.7. The first kappa shape index (κ1) is 18.1. The van der Waals surface area contributed by atoms with Crippen LogP contribution in [0.3, 0.4) is 0 Å². The number of likely N-dealkylation sites (tertiary alicyclic amines) is 1. The average molecular weight is 404 g/mol. The van der Waals surface area contributed by atoms with E-state index in [9.17, 15) is 31.1 Å². The van der Waals surface area contributed by atoms with Crippen LogP contribution in [0.5, 0.6) is 0 Å². The van der Waals surface area contributed by atoms with Crippen molar-refractivity contribution in [3.63, 3.8) is 0 Å². The van der Waals surface area contributed by atoms with E-state index in [0.717, 1.165) is 12.1 Å². The average Bonchev–Trinajstić information content (AvgIpc) is 2.44. The number of halogens is 7. The van der Waals surface area contributed by atoms with Crippen molar-refractivity contribution in [3.05, 3.63) is 33.8 Å². The largest absolute Gasteiger partial charge is 0.417 e. The molecule has 1 atom stereocenters. The van der Waals surface area contributed by atoms with Crippen LogP contribution in [0.2, 0.25) is 0 Å². The van der Waals surface area contributed by atoms with E-state index >= 15 is 0 Å². The summed E-state index contributed by atoms with van der Waals surface area (Å²) in [4.78, 5) is 13.0. The molecule has 1 saturated heterocycles. The SMILES string of the molecule is O=C(c1ccc(C(F)(F)F)c(Br)c1)N1CCCCC1C(F)(F)F. The molecule has 1 aromatic rings. The van der Waals surface area contributed by atoms with Gasteiger partial charge in [0.15, 0.2) is 0 Å². The van der Waals surface area contributed by atoms with Crippen molar-refractivity contribution in [2.24, 2.45) is 0 Å². The molecule has 9 heteroatoms. The molecule has 0 bridgehead atoms. The first-order chi connectivity index (χ1) is 10.5. The molecule has 0 aliphatic carbocycles. The zero-order chi connectivity index (χ0) is 17.4. The number of hydrogen-bond donors (Lipinski definition) is 0. The first-order valence-electron chi connectivity index (χ1n) is 6.76. The second-order valence-electron chi connectivity index (χ2n) is 5.24. The highest BCUT2D eigenvalue weighted by Crippen LogP contribution is 2.36. The van der Waals surface area contributed by atoms with Gasteiger partial charge in [0.1, 0.15) is 6.04 Å². The molecule has 0 spiro atoms. The van der Waals surface area contributed by atoms with Gasteiger partial charge < -0.3 is 4.90 Å². The Kier molecular flexibility index (Phi) is 4.98. The fraction of sp³-hybridized carbons (Fsp3) is 0.500. The van der Waals surface area contributed by atoms with Crippen molar-refractivity contribution in [3.8, 4) is 0 Å². The van der Waals surface area contributed by atoms with Crippen LogP contribution in [0.25, 0.3) is 0 Å². The summed E-state index contributed by atoms with van der Waals surface area (Å²) in [6, 6.07) is 0.597. The number of amides is 1. The highest BCUT2D eigenvalue weighted by atomic mass is 79.9. The summed E-state index contributed by atoms with van der Waals surface area (Å²) in [5.74, 6) is -0.915. The van der Waals surface area contributed by atoms with E-state index in [0.29, 0.717) is 23.8 Å². The monoisotopic (exact) mass is 403 g/mol. The van der Waals surface area contributed by atoms with Crippen LogP contribution < -0.4 is 0 Å². The molecule has 2 rings (SSSR count). The van der Waals surface area contributed by atoms with Gasteiger partial charge in [0.05, 0.1) is 5.56 Å². The molecule has 128 valence electrons. The van der Waals surface area contributed by atoms with Crippen molar-refractivity contribution < 1.29 is 31.1 Å². The third kappa shape index (κ3) is 3.99. The molecule has 1 amide bonds. The summed E-state index contributed by atoms with van der Waals surface area (Å²) in [7, 11) is 0. The number of carbonyl (C=O) groups is 1. The lowest BCUT2D eigenvalue weighted by molar-refractivity contribution is -0.183. The second kappa shape index (κ2) is 6.33. The van der Waals surface area contributed by atoms with Gasteiger partial charge >= 0.3 is 12.4 Å². The molecule has 1 heterocycles. The van der Waals surface area contributed by atoms with Crippen LogP contribution in [0.4, 0.5) is 26.3 Å². The first-order valence-corrected chi connectivity index (χ1v) is 7.55. The van der Waals surface area contributed by atoms with Gasteiger partial charge in [-0.25, -0.2) is 0 Å². The van der Waals surface area contributed by atoms with Crippen LogP contribution in [-0.4, -0.2) is 29.6 Å². The molecule has 0 saturated carbocycles. The predicted octanol–water partition coefficient (Wildman–Crippen LogP) is 5.02. The van der Waals surface area contributed by atoms with Gasteiger partial charge in [-0.05, 0) is 37.5 Å². The highest BCUT2D eigenvalue weighted by molar-refractivity contribution is 9.10. The van der Waals surface area contributed by atoms with Gasteiger partial charge in [-0.2, -0.15) is 26.3 Å². The number of rotatable bonds is 1. The van der Waals surface area contributed by atoms with Gasteiger partial charge in [-0.1, -0.05) is 15.9 Å². The number of hydrogen-bond acceptors (Lipinski definition) is 1. The Morgan fingerprint density at radius 1 is 1.13 bits per heavy atom. The number of nitrogens with zero attached hydrogens (tertiary/aromatic N) is 1. The van der Waals surface area contributed by atoms with Gasteiger partial charge in [0.25, 0.3) is 5.91 Å². The number of alkyl halides is 6. The molecule has 1 unspecified atom stereocenters.